The van der Waals surface area contributed by atoms with Crippen LogP contribution in [0.5, 0.6) is 11.5 Å². The lowest BCUT2D eigenvalue weighted by atomic mass is 9.85. The standard InChI is InChI=1S/C21H35NO2.ClH/c1-5-6-8-11-16(2)17(3)18-14-19(23)21(20(15-18)24-4)22-12-9-7-10-13-22;/h14-17,23H,5-13H2,1-4H3;1H. The molecule has 2 atom stereocenters. The second kappa shape index (κ2) is 10.8. The average Bonchev–Trinajstić information content (AvgIpc) is 2.61. The lowest BCUT2D eigenvalue weighted by Gasteiger charge is -2.31. The first-order valence-electron chi connectivity index (χ1n) is 9.74. The van der Waals surface area contributed by atoms with Gasteiger partial charge in [0.05, 0.1) is 7.11 Å². The largest absolute Gasteiger partial charge is 0.506 e. The fraction of sp³-hybridized carbons (Fsp3) is 0.714. The summed E-state index contributed by atoms with van der Waals surface area (Å²) in [5, 5.41) is 10.7. The van der Waals surface area contributed by atoms with Crippen molar-refractivity contribution in [2.45, 2.75) is 71.6 Å². The molecule has 0 aliphatic carbocycles. The molecule has 1 aliphatic rings. The predicted molar refractivity (Wildman–Crippen MR) is 110 cm³/mol. The van der Waals surface area contributed by atoms with Gasteiger partial charge in [-0.3, -0.25) is 0 Å². The summed E-state index contributed by atoms with van der Waals surface area (Å²) in [5.41, 5.74) is 2.07. The van der Waals surface area contributed by atoms with Crippen LogP contribution < -0.4 is 9.64 Å². The minimum atomic E-state index is 0. The van der Waals surface area contributed by atoms with Gasteiger partial charge in [-0.25, -0.2) is 0 Å². The number of aromatic hydroxyl groups is 1. The second-order valence-corrected chi connectivity index (χ2v) is 7.40. The average molecular weight is 370 g/mol. The summed E-state index contributed by atoms with van der Waals surface area (Å²) in [7, 11) is 1.71. The molecule has 1 aromatic rings. The minimum absolute atomic E-state index is 0. The van der Waals surface area contributed by atoms with Crippen molar-refractivity contribution >= 4 is 18.1 Å². The first kappa shape index (κ1) is 22.0. The van der Waals surface area contributed by atoms with Crippen LogP contribution in [0.4, 0.5) is 5.69 Å². The number of anilines is 1. The Morgan fingerprint density at radius 2 is 1.80 bits per heavy atom. The van der Waals surface area contributed by atoms with Gasteiger partial charge in [0.2, 0.25) is 0 Å². The minimum Gasteiger partial charge on any atom is -0.506 e. The molecule has 1 saturated heterocycles. The Hall–Kier alpha value is -1.09. The molecule has 0 aromatic heterocycles. The van der Waals surface area contributed by atoms with Crippen LogP contribution in [0, 0.1) is 5.92 Å². The Morgan fingerprint density at radius 3 is 2.40 bits per heavy atom. The van der Waals surface area contributed by atoms with E-state index in [2.05, 4.69) is 31.7 Å². The molecule has 1 fully saturated rings. The van der Waals surface area contributed by atoms with Crippen molar-refractivity contribution in [2.75, 3.05) is 25.1 Å². The molecule has 0 radical (unpaired) electrons. The highest BCUT2D eigenvalue weighted by molar-refractivity contribution is 5.85. The monoisotopic (exact) mass is 369 g/mol. The smallest absolute Gasteiger partial charge is 0.146 e. The van der Waals surface area contributed by atoms with E-state index in [1.807, 2.05) is 6.07 Å². The van der Waals surface area contributed by atoms with Gasteiger partial charge in [-0.2, -0.15) is 0 Å². The van der Waals surface area contributed by atoms with Gasteiger partial charge >= 0.3 is 0 Å². The van der Waals surface area contributed by atoms with Crippen molar-refractivity contribution in [1.82, 2.24) is 0 Å². The lowest BCUT2D eigenvalue weighted by Crippen LogP contribution is -2.29. The highest BCUT2D eigenvalue weighted by atomic mass is 35.5. The molecular formula is C21H36ClNO2. The van der Waals surface area contributed by atoms with Gasteiger partial charge in [0.25, 0.3) is 0 Å². The van der Waals surface area contributed by atoms with Crippen molar-refractivity contribution in [3.05, 3.63) is 17.7 Å². The zero-order valence-electron chi connectivity index (χ0n) is 16.4. The predicted octanol–water partition coefficient (Wildman–Crippen LogP) is 6.13. The molecular weight excluding hydrogens is 334 g/mol. The van der Waals surface area contributed by atoms with E-state index >= 15 is 0 Å². The summed E-state index contributed by atoms with van der Waals surface area (Å²) < 4.78 is 5.65. The van der Waals surface area contributed by atoms with Gasteiger partial charge in [-0.15, -0.1) is 12.4 Å². The lowest BCUT2D eigenvalue weighted by molar-refractivity contribution is 0.397. The van der Waals surface area contributed by atoms with Gasteiger partial charge in [-0.05, 0) is 48.8 Å². The van der Waals surface area contributed by atoms with Crippen LogP contribution in [0.3, 0.4) is 0 Å². The summed E-state index contributed by atoms with van der Waals surface area (Å²) in [6.07, 6.45) is 8.76. The Balaban J connectivity index is 0.00000312. The maximum absolute atomic E-state index is 10.7. The maximum Gasteiger partial charge on any atom is 0.146 e. The Labute approximate surface area is 160 Å². The molecule has 1 aromatic carbocycles. The number of phenolic OH excluding ortho intramolecular Hbond substituents is 1. The van der Waals surface area contributed by atoms with Crippen molar-refractivity contribution in [2.24, 2.45) is 5.92 Å². The molecule has 144 valence electrons. The second-order valence-electron chi connectivity index (χ2n) is 7.40. The number of rotatable bonds is 8. The van der Waals surface area contributed by atoms with Crippen LogP contribution in [0.1, 0.15) is 77.2 Å². The zero-order chi connectivity index (χ0) is 17.5. The Morgan fingerprint density at radius 1 is 1.12 bits per heavy atom. The molecule has 1 N–H and O–H groups in total. The van der Waals surface area contributed by atoms with Gasteiger partial charge in [0, 0.05) is 13.1 Å². The van der Waals surface area contributed by atoms with E-state index in [1.54, 1.807) is 7.11 Å². The number of piperidine rings is 1. The number of hydrogen-bond donors (Lipinski definition) is 1. The van der Waals surface area contributed by atoms with E-state index in [9.17, 15) is 5.11 Å². The van der Waals surface area contributed by atoms with Crippen LogP contribution in [0.2, 0.25) is 0 Å². The SMILES string of the molecule is CCCCCC(C)C(C)c1cc(O)c(N2CCCCC2)c(OC)c1.Cl. The summed E-state index contributed by atoms with van der Waals surface area (Å²) in [6, 6.07) is 4.11. The van der Waals surface area contributed by atoms with Crippen LogP contribution in [0.25, 0.3) is 0 Å². The van der Waals surface area contributed by atoms with E-state index in [-0.39, 0.29) is 12.4 Å². The van der Waals surface area contributed by atoms with E-state index < -0.39 is 0 Å². The number of nitrogens with zero attached hydrogens (tertiary/aromatic N) is 1. The summed E-state index contributed by atoms with van der Waals surface area (Å²) >= 11 is 0. The fourth-order valence-electron chi connectivity index (χ4n) is 3.76. The number of unbranched alkanes of at least 4 members (excludes halogenated alkanes) is 2. The molecule has 1 aliphatic heterocycles. The zero-order valence-corrected chi connectivity index (χ0v) is 17.2. The number of methoxy groups -OCH3 is 1. The normalized spacial score (nSPS) is 16.9. The first-order valence-corrected chi connectivity index (χ1v) is 9.74. The molecule has 0 bridgehead atoms. The summed E-state index contributed by atoms with van der Waals surface area (Å²) in [5.74, 6) is 2.23. The third-order valence-corrected chi connectivity index (χ3v) is 5.61. The van der Waals surface area contributed by atoms with Crippen LogP contribution in [0.15, 0.2) is 12.1 Å². The van der Waals surface area contributed by atoms with Gasteiger partial charge < -0.3 is 14.7 Å². The van der Waals surface area contributed by atoms with Gasteiger partial charge in [0.15, 0.2) is 0 Å². The van der Waals surface area contributed by atoms with Crippen LogP contribution in [-0.2, 0) is 0 Å². The van der Waals surface area contributed by atoms with E-state index in [0.717, 1.165) is 24.5 Å². The van der Waals surface area contributed by atoms with Gasteiger partial charge in [0.1, 0.15) is 17.2 Å². The molecule has 2 rings (SSSR count). The molecule has 1 heterocycles. The highest BCUT2D eigenvalue weighted by Gasteiger charge is 2.23. The van der Waals surface area contributed by atoms with Gasteiger partial charge in [-0.1, -0.05) is 46.5 Å². The number of halogens is 1. The number of hydrogen-bond acceptors (Lipinski definition) is 3. The van der Waals surface area contributed by atoms with Crippen LogP contribution in [-0.4, -0.2) is 25.3 Å². The molecule has 2 unspecified atom stereocenters. The quantitative estimate of drug-likeness (QED) is 0.559. The number of ether oxygens (including phenoxy) is 1. The number of phenols is 1. The summed E-state index contributed by atoms with van der Waals surface area (Å²) in [6.45, 7) is 8.85. The third kappa shape index (κ3) is 5.70. The molecule has 4 heteroatoms. The molecule has 25 heavy (non-hydrogen) atoms. The fourth-order valence-corrected chi connectivity index (χ4v) is 3.76. The van der Waals surface area contributed by atoms with Crippen molar-refractivity contribution < 1.29 is 9.84 Å². The van der Waals surface area contributed by atoms with Crippen LogP contribution >= 0.6 is 12.4 Å². The van der Waals surface area contributed by atoms with Crippen molar-refractivity contribution in [1.29, 1.82) is 0 Å². The third-order valence-electron chi connectivity index (χ3n) is 5.61. The maximum atomic E-state index is 10.7. The molecule has 0 spiro atoms. The van der Waals surface area contributed by atoms with E-state index in [0.29, 0.717) is 17.6 Å². The summed E-state index contributed by atoms with van der Waals surface area (Å²) in [4.78, 5) is 2.27. The Bertz CT molecular complexity index is 515. The molecule has 0 saturated carbocycles. The Kier molecular flexibility index (Phi) is 9.48. The molecule has 3 nitrogen and oxygen atoms in total. The van der Waals surface area contributed by atoms with E-state index in [1.165, 1.54) is 50.5 Å². The number of benzene rings is 1. The van der Waals surface area contributed by atoms with E-state index in [4.69, 9.17) is 4.74 Å². The first-order chi connectivity index (χ1) is 11.6. The highest BCUT2D eigenvalue weighted by Crippen LogP contribution is 2.42. The topological polar surface area (TPSA) is 32.7 Å². The molecule has 0 amide bonds. The van der Waals surface area contributed by atoms with Crippen molar-refractivity contribution in [3.63, 3.8) is 0 Å². The van der Waals surface area contributed by atoms with Crippen molar-refractivity contribution in [3.8, 4) is 11.5 Å².